The maximum absolute atomic E-state index is 11.4. The molecule has 0 saturated carbocycles. The summed E-state index contributed by atoms with van der Waals surface area (Å²) in [6.45, 7) is 3.83. The molecule has 2 saturated heterocycles. The van der Waals surface area contributed by atoms with Crippen LogP contribution in [-0.2, 0) is 4.79 Å². The van der Waals surface area contributed by atoms with E-state index < -0.39 is 5.97 Å². The Hall–Kier alpha value is -1.82. The van der Waals surface area contributed by atoms with Gasteiger partial charge in [-0.3, -0.25) is 9.69 Å². The molecule has 0 aliphatic carbocycles. The number of fused-ring (bicyclic) bond motifs is 1. The predicted octanol–water partition coefficient (Wildman–Crippen LogP) is 1.64. The van der Waals surface area contributed by atoms with E-state index in [2.05, 4.69) is 10.2 Å². The second-order valence-electron chi connectivity index (χ2n) is 5.94. The SMILES string of the molecule is CC(c1ccc(C(=O)O)o1)N1CCC2NC(=O)CCC2C1. The van der Waals surface area contributed by atoms with Crippen molar-refractivity contribution in [3.05, 3.63) is 23.7 Å². The Bertz CT molecular complexity index is 554. The summed E-state index contributed by atoms with van der Waals surface area (Å²) >= 11 is 0. The molecule has 21 heavy (non-hydrogen) atoms. The summed E-state index contributed by atoms with van der Waals surface area (Å²) in [6.07, 6.45) is 2.47. The first kappa shape index (κ1) is 14.1. The third-order valence-corrected chi connectivity index (χ3v) is 4.65. The Morgan fingerprint density at radius 3 is 3.00 bits per heavy atom. The lowest BCUT2D eigenvalue weighted by molar-refractivity contribution is -0.125. The molecule has 2 fully saturated rings. The van der Waals surface area contributed by atoms with Crippen LogP contribution in [0.3, 0.4) is 0 Å². The lowest BCUT2D eigenvalue weighted by atomic mass is 9.84. The number of likely N-dealkylation sites (tertiary alicyclic amines) is 1. The van der Waals surface area contributed by atoms with Gasteiger partial charge in [-0.15, -0.1) is 0 Å². The van der Waals surface area contributed by atoms with Crippen LogP contribution < -0.4 is 5.32 Å². The van der Waals surface area contributed by atoms with Gasteiger partial charge in [0.2, 0.25) is 11.7 Å². The standard InChI is InChI=1S/C15H20N2O4/c1-9(12-3-4-13(21-12)15(19)20)17-7-6-11-10(8-17)2-5-14(18)16-11/h3-4,9-11H,2,5-8H2,1H3,(H,16,18)(H,19,20). The number of aromatic carboxylic acids is 1. The van der Waals surface area contributed by atoms with E-state index in [9.17, 15) is 9.59 Å². The van der Waals surface area contributed by atoms with Gasteiger partial charge in [-0.25, -0.2) is 4.79 Å². The van der Waals surface area contributed by atoms with Crippen LogP contribution in [0.5, 0.6) is 0 Å². The number of carboxylic acids is 1. The number of hydrogen-bond donors (Lipinski definition) is 2. The Kier molecular flexibility index (Phi) is 3.71. The molecule has 6 heteroatoms. The molecular formula is C15H20N2O4. The summed E-state index contributed by atoms with van der Waals surface area (Å²) in [4.78, 5) is 24.6. The van der Waals surface area contributed by atoms with Crippen molar-refractivity contribution in [3.8, 4) is 0 Å². The molecule has 3 heterocycles. The van der Waals surface area contributed by atoms with Gasteiger partial charge in [-0.05, 0) is 37.8 Å². The van der Waals surface area contributed by atoms with Crippen molar-refractivity contribution in [2.45, 2.75) is 38.3 Å². The van der Waals surface area contributed by atoms with E-state index in [1.807, 2.05) is 6.92 Å². The summed E-state index contributed by atoms with van der Waals surface area (Å²) in [7, 11) is 0. The second kappa shape index (κ2) is 5.52. The zero-order valence-corrected chi connectivity index (χ0v) is 12.0. The van der Waals surface area contributed by atoms with Crippen molar-refractivity contribution in [2.24, 2.45) is 5.92 Å². The normalized spacial score (nSPS) is 27.8. The lowest BCUT2D eigenvalue weighted by Crippen LogP contribution is -2.54. The lowest BCUT2D eigenvalue weighted by Gasteiger charge is -2.43. The average Bonchev–Trinajstić information content (AvgIpc) is 2.96. The van der Waals surface area contributed by atoms with Crippen LogP contribution in [-0.4, -0.2) is 41.0 Å². The van der Waals surface area contributed by atoms with Gasteiger partial charge in [0.1, 0.15) is 5.76 Å². The first-order valence-electron chi connectivity index (χ1n) is 7.41. The van der Waals surface area contributed by atoms with E-state index in [1.165, 1.54) is 6.07 Å². The first-order valence-corrected chi connectivity index (χ1v) is 7.41. The fourth-order valence-corrected chi connectivity index (χ4v) is 3.36. The smallest absolute Gasteiger partial charge is 0.371 e. The third-order valence-electron chi connectivity index (χ3n) is 4.65. The number of amides is 1. The van der Waals surface area contributed by atoms with Crippen molar-refractivity contribution >= 4 is 11.9 Å². The molecule has 2 aliphatic heterocycles. The summed E-state index contributed by atoms with van der Waals surface area (Å²) in [5.41, 5.74) is 0. The molecule has 6 nitrogen and oxygen atoms in total. The average molecular weight is 292 g/mol. The van der Waals surface area contributed by atoms with Gasteiger partial charge < -0.3 is 14.8 Å². The van der Waals surface area contributed by atoms with Crippen molar-refractivity contribution in [1.29, 1.82) is 0 Å². The van der Waals surface area contributed by atoms with E-state index in [1.54, 1.807) is 6.07 Å². The van der Waals surface area contributed by atoms with E-state index >= 15 is 0 Å². The molecule has 114 valence electrons. The molecule has 1 aromatic rings. The maximum atomic E-state index is 11.4. The molecule has 3 atom stereocenters. The highest BCUT2D eigenvalue weighted by Crippen LogP contribution is 2.31. The van der Waals surface area contributed by atoms with Gasteiger partial charge in [-0.1, -0.05) is 0 Å². The molecule has 1 amide bonds. The minimum absolute atomic E-state index is 0.0170. The highest BCUT2D eigenvalue weighted by Gasteiger charge is 2.35. The Morgan fingerprint density at radius 1 is 1.48 bits per heavy atom. The Balaban J connectivity index is 1.67. The molecule has 2 aliphatic rings. The van der Waals surface area contributed by atoms with Crippen molar-refractivity contribution in [2.75, 3.05) is 13.1 Å². The first-order chi connectivity index (χ1) is 10.0. The highest BCUT2D eigenvalue weighted by molar-refractivity contribution is 5.84. The van der Waals surface area contributed by atoms with Crippen LogP contribution in [0.4, 0.5) is 0 Å². The van der Waals surface area contributed by atoms with E-state index in [-0.39, 0.29) is 17.7 Å². The maximum Gasteiger partial charge on any atom is 0.371 e. The minimum Gasteiger partial charge on any atom is -0.475 e. The monoisotopic (exact) mass is 292 g/mol. The van der Waals surface area contributed by atoms with Crippen molar-refractivity contribution < 1.29 is 19.1 Å². The number of nitrogens with one attached hydrogen (secondary N) is 1. The third kappa shape index (κ3) is 2.81. The molecule has 0 spiro atoms. The summed E-state index contributed by atoms with van der Waals surface area (Å²) in [5, 5.41) is 12.0. The van der Waals surface area contributed by atoms with Gasteiger partial charge in [0, 0.05) is 25.6 Å². The van der Waals surface area contributed by atoms with Gasteiger partial charge in [-0.2, -0.15) is 0 Å². The molecule has 2 N–H and O–H groups in total. The largest absolute Gasteiger partial charge is 0.475 e. The summed E-state index contributed by atoms with van der Waals surface area (Å²) in [6, 6.07) is 3.59. The van der Waals surface area contributed by atoms with Crippen LogP contribution >= 0.6 is 0 Å². The Labute approximate surface area is 123 Å². The fourth-order valence-electron chi connectivity index (χ4n) is 3.36. The molecule has 0 radical (unpaired) electrons. The molecule has 0 bridgehead atoms. The number of rotatable bonds is 3. The van der Waals surface area contributed by atoms with Crippen LogP contribution in [0.1, 0.15) is 48.5 Å². The van der Waals surface area contributed by atoms with Crippen LogP contribution in [0, 0.1) is 5.92 Å². The number of piperidine rings is 2. The fraction of sp³-hybridized carbons (Fsp3) is 0.600. The van der Waals surface area contributed by atoms with Gasteiger partial charge in [0.25, 0.3) is 0 Å². The quantitative estimate of drug-likeness (QED) is 0.885. The number of carbonyl (C=O) groups is 2. The molecule has 3 unspecified atom stereocenters. The molecule has 1 aromatic heterocycles. The van der Waals surface area contributed by atoms with Crippen molar-refractivity contribution in [3.63, 3.8) is 0 Å². The Morgan fingerprint density at radius 2 is 2.29 bits per heavy atom. The number of furan rings is 1. The molecule has 0 aromatic carbocycles. The van der Waals surface area contributed by atoms with E-state index in [0.29, 0.717) is 24.1 Å². The van der Waals surface area contributed by atoms with E-state index in [4.69, 9.17) is 9.52 Å². The summed E-state index contributed by atoms with van der Waals surface area (Å²) < 4.78 is 5.40. The zero-order valence-electron chi connectivity index (χ0n) is 12.0. The highest BCUT2D eigenvalue weighted by atomic mass is 16.4. The number of nitrogens with zero attached hydrogens (tertiary/aromatic N) is 1. The summed E-state index contributed by atoms with van der Waals surface area (Å²) in [5.74, 6) is 0.271. The number of hydrogen-bond acceptors (Lipinski definition) is 4. The molecule has 3 rings (SSSR count). The second-order valence-corrected chi connectivity index (χ2v) is 5.94. The topological polar surface area (TPSA) is 82.8 Å². The number of carboxylic acid groups (broad SMARTS) is 1. The minimum atomic E-state index is -1.04. The van der Waals surface area contributed by atoms with Gasteiger partial charge >= 0.3 is 5.97 Å². The van der Waals surface area contributed by atoms with Crippen LogP contribution in [0.2, 0.25) is 0 Å². The zero-order chi connectivity index (χ0) is 15.0. The predicted molar refractivity (Wildman–Crippen MR) is 74.9 cm³/mol. The van der Waals surface area contributed by atoms with Crippen LogP contribution in [0.25, 0.3) is 0 Å². The van der Waals surface area contributed by atoms with Crippen LogP contribution in [0.15, 0.2) is 16.5 Å². The van der Waals surface area contributed by atoms with E-state index in [0.717, 1.165) is 25.9 Å². The molecular weight excluding hydrogens is 272 g/mol. The number of carbonyl (C=O) groups excluding carboxylic acids is 1. The van der Waals surface area contributed by atoms with Gasteiger partial charge in [0.15, 0.2) is 0 Å². The van der Waals surface area contributed by atoms with Crippen molar-refractivity contribution in [1.82, 2.24) is 10.2 Å². The van der Waals surface area contributed by atoms with Gasteiger partial charge in [0.05, 0.1) is 6.04 Å².